The first kappa shape index (κ1) is 44.0. The summed E-state index contributed by atoms with van der Waals surface area (Å²) in [6.07, 6.45) is 2.46. The van der Waals surface area contributed by atoms with Crippen molar-refractivity contribution in [1.29, 1.82) is 0 Å². The Morgan fingerprint density at radius 1 is 0.950 bits per heavy atom. The van der Waals surface area contributed by atoms with Gasteiger partial charge in [0, 0.05) is 42.5 Å². The molecular weight excluding hydrogens is 779 g/mol. The second-order valence-corrected chi connectivity index (χ2v) is 17.8. The first-order chi connectivity index (χ1) is 28.6. The summed E-state index contributed by atoms with van der Waals surface area (Å²) in [7, 11) is 0. The van der Waals surface area contributed by atoms with Crippen LogP contribution in [-0.4, -0.2) is 79.7 Å². The molecule has 0 saturated carbocycles. The summed E-state index contributed by atoms with van der Waals surface area (Å²) in [5.41, 5.74) is 6.98. The van der Waals surface area contributed by atoms with Gasteiger partial charge >= 0.3 is 5.97 Å². The molecule has 3 amide bonds. The molecule has 0 radical (unpaired) electrons. The number of fused-ring (bicyclic) bond motifs is 1. The Balaban J connectivity index is 0.968. The van der Waals surface area contributed by atoms with Crippen LogP contribution in [0.4, 0.5) is 0 Å². The van der Waals surface area contributed by atoms with Gasteiger partial charge in [0.15, 0.2) is 0 Å². The molecule has 1 aliphatic heterocycles. The number of ether oxygens (including phenoxy) is 1. The van der Waals surface area contributed by atoms with Gasteiger partial charge in [-0.05, 0) is 73.9 Å². The predicted molar refractivity (Wildman–Crippen MR) is 234 cm³/mol. The number of likely N-dealkylation sites (tertiary alicyclic amines) is 1. The lowest BCUT2D eigenvalue weighted by atomic mass is 9.85. The lowest BCUT2D eigenvalue weighted by Crippen LogP contribution is -2.57. The van der Waals surface area contributed by atoms with Gasteiger partial charge in [0.2, 0.25) is 17.7 Å². The number of carbonyl (C=O) groups is 4. The number of β-amino-alcohol motifs (C(OH)–C–C–N with tert-alkyl or cyclic N) is 1. The fraction of sp³-hybridized carbons (Fsp3) is 0.426. The minimum absolute atomic E-state index is 0.00788. The Kier molecular flexibility index (Phi) is 14.1. The fourth-order valence-electron chi connectivity index (χ4n) is 7.97. The van der Waals surface area contributed by atoms with Crippen LogP contribution in [0.2, 0.25) is 0 Å². The van der Waals surface area contributed by atoms with Crippen LogP contribution in [0, 0.1) is 19.3 Å². The van der Waals surface area contributed by atoms with Crippen molar-refractivity contribution in [3.05, 3.63) is 106 Å². The number of thiazole rings is 1. The van der Waals surface area contributed by atoms with Crippen LogP contribution in [0.1, 0.15) is 105 Å². The topological polar surface area (TPSA) is 163 Å². The van der Waals surface area contributed by atoms with Gasteiger partial charge in [-0.1, -0.05) is 88.2 Å². The van der Waals surface area contributed by atoms with E-state index in [4.69, 9.17) is 4.74 Å². The molecule has 6 rings (SSSR count). The van der Waals surface area contributed by atoms with Crippen molar-refractivity contribution in [3.8, 4) is 16.2 Å². The highest BCUT2D eigenvalue weighted by Gasteiger charge is 2.44. The highest BCUT2D eigenvalue weighted by atomic mass is 32.1. The molecule has 2 aromatic heterocycles. The summed E-state index contributed by atoms with van der Waals surface area (Å²) in [5.74, 6) is -1.36. The number of unbranched alkanes of at least 4 members (excludes halogenated alkanes) is 3. The van der Waals surface area contributed by atoms with Crippen LogP contribution >= 0.6 is 11.3 Å². The molecule has 0 unspecified atom stereocenters. The number of aromatic nitrogens is 2. The summed E-state index contributed by atoms with van der Waals surface area (Å²) in [4.78, 5) is 60.0. The zero-order chi connectivity index (χ0) is 43.1. The smallest absolute Gasteiger partial charge is 0.338 e. The van der Waals surface area contributed by atoms with Gasteiger partial charge < -0.3 is 35.1 Å². The van der Waals surface area contributed by atoms with E-state index in [-0.39, 0.29) is 42.8 Å². The van der Waals surface area contributed by atoms with Gasteiger partial charge in [0.25, 0.3) is 0 Å². The number of carboxylic acids is 1. The Bertz CT molecular complexity index is 2300. The third-order valence-corrected chi connectivity index (χ3v) is 12.3. The van der Waals surface area contributed by atoms with Gasteiger partial charge in [-0.15, -0.1) is 11.3 Å². The number of aliphatic hydroxyl groups excluding tert-OH is 1. The lowest BCUT2D eigenvalue weighted by molar-refractivity contribution is -0.144. The molecule has 0 bridgehead atoms. The van der Waals surface area contributed by atoms with Crippen molar-refractivity contribution < 1.29 is 34.1 Å². The van der Waals surface area contributed by atoms with E-state index in [0.29, 0.717) is 36.4 Å². The average molecular weight is 836 g/mol. The van der Waals surface area contributed by atoms with Crippen LogP contribution in [0.25, 0.3) is 21.3 Å². The number of aromatic carboxylic acids is 1. The summed E-state index contributed by atoms with van der Waals surface area (Å²) in [6.45, 7) is 12.3. The Morgan fingerprint density at radius 3 is 2.33 bits per heavy atom. The van der Waals surface area contributed by atoms with E-state index in [0.717, 1.165) is 52.0 Å². The molecule has 3 heterocycles. The summed E-state index contributed by atoms with van der Waals surface area (Å²) in [6, 6.07) is 21.4. The quantitative estimate of drug-likeness (QED) is 0.0690. The number of hydrogen-bond acceptors (Lipinski definition) is 8. The number of hydrogen-bond donors (Lipinski definition) is 4. The largest absolute Gasteiger partial charge is 0.494 e. The van der Waals surface area contributed by atoms with Gasteiger partial charge in [-0.2, -0.15) is 0 Å². The Hall–Kier alpha value is -5.53. The number of carboxylic acid groups (broad SMARTS) is 1. The molecule has 1 aliphatic rings. The second-order valence-electron chi connectivity index (χ2n) is 16.9. The summed E-state index contributed by atoms with van der Waals surface area (Å²) < 4.78 is 8.06. The summed E-state index contributed by atoms with van der Waals surface area (Å²) in [5, 5.41) is 27.3. The van der Waals surface area contributed by atoms with Crippen LogP contribution in [-0.2, 0) is 20.9 Å². The van der Waals surface area contributed by atoms with Crippen LogP contribution in [0.5, 0.6) is 5.75 Å². The molecule has 13 heteroatoms. The molecule has 1 fully saturated rings. The number of aryl methyl sites for hydroxylation is 1. The first-order valence-corrected chi connectivity index (χ1v) is 21.6. The lowest BCUT2D eigenvalue weighted by Gasteiger charge is -2.35. The minimum Gasteiger partial charge on any atom is -0.494 e. The summed E-state index contributed by atoms with van der Waals surface area (Å²) >= 11 is 1.58. The molecule has 12 nitrogen and oxygen atoms in total. The normalized spacial score (nSPS) is 16.4. The first-order valence-electron chi connectivity index (χ1n) is 20.7. The number of benzene rings is 3. The number of nitrogens with zero attached hydrogens (tertiary/aromatic N) is 3. The molecule has 0 aliphatic carbocycles. The van der Waals surface area contributed by atoms with Gasteiger partial charge in [0.05, 0.1) is 40.4 Å². The molecule has 5 aromatic rings. The second kappa shape index (κ2) is 19.2. The molecule has 60 heavy (non-hydrogen) atoms. The average Bonchev–Trinajstić information content (AvgIpc) is 3.90. The van der Waals surface area contributed by atoms with Crippen molar-refractivity contribution >= 4 is 45.9 Å². The van der Waals surface area contributed by atoms with E-state index in [9.17, 15) is 29.4 Å². The molecule has 3 aromatic carbocycles. The molecular formula is C47H57N5O7S. The van der Waals surface area contributed by atoms with Crippen LogP contribution in [0.15, 0.2) is 78.3 Å². The van der Waals surface area contributed by atoms with E-state index in [1.807, 2.05) is 118 Å². The predicted octanol–water partition coefficient (Wildman–Crippen LogP) is 7.83. The maximum absolute atomic E-state index is 14.1. The van der Waals surface area contributed by atoms with Crippen molar-refractivity contribution in [2.45, 2.75) is 111 Å². The maximum Gasteiger partial charge on any atom is 0.338 e. The van der Waals surface area contributed by atoms with Crippen molar-refractivity contribution in [1.82, 2.24) is 25.1 Å². The maximum atomic E-state index is 14.1. The van der Waals surface area contributed by atoms with Crippen molar-refractivity contribution in [2.75, 3.05) is 13.2 Å². The van der Waals surface area contributed by atoms with Crippen LogP contribution < -0.4 is 15.4 Å². The van der Waals surface area contributed by atoms with Gasteiger partial charge in [-0.25, -0.2) is 9.78 Å². The molecule has 1 saturated heterocycles. The zero-order valence-electron chi connectivity index (χ0n) is 35.4. The standard InChI is InChI=1S/C47H57N5O7S/c1-29(33-17-19-34(20-18-33)42-30(2)48-28-60-42)49-44(55)39-24-35(53)27-52(39)45(56)43(47(4,5)6)50-40(54)16-12-7-8-13-23-59-36-21-22-38-37(25-36)41(46(57)58)31(3)51(38)26-32-14-10-9-11-15-32/h9-11,14-15,17-22,25,28-29,35,39,43,53H,7-8,12-13,16,23-24,26-27H2,1-6H3,(H,49,55)(H,50,54)(H,57,58)/t29-,35+,39-,43+/m0/s1. The van der Waals surface area contributed by atoms with E-state index in [1.165, 1.54) is 4.90 Å². The molecule has 0 spiro atoms. The van der Waals surface area contributed by atoms with E-state index in [2.05, 4.69) is 15.6 Å². The number of amides is 3. The van der Waals surface area contributed by atoms with E-state index >= 15 is 0 Å². The van der Waals surface area contributed by atoms with Crippen molar-refractivity contribution in [3.63, 3.8) is 0 Å². The van der Waals surface area contributed by atoms with E-state index in [1.54, 1.807) is 17.4 Å². The molecule has 4 N–H and O–H groups in total. The third kappa shape index (κ3) is 10.4. The van der Waals surface area contributed by atoms with Gasteiger partial charge in [-0.3, -0.25) is 14.4 Å². The number of aliphatic hydroxyl groups is 1. The van der Waals surface area contributed by atoms with Crippen molar-refractivity contribution in [2.24, 2.45) is 5.41 Å². The number of rotatable bonds is 17. The van der Waals surface area contributed by atoms with Gasteiger partial charge in [0.1, 0.15) is 17.8 Å². The zero-order valence-corrected chi connectivity index (χ0v) is 36.2. The minimum atomic E-state index is -0.975. The fourth-order valence-corrected chi connectivity index (χ4v) is 8.78. The van der Waals surface area contributed by atoms with Crippen LogP contribution in [0.3, 0.4) is 0 Å². The third-order valence-electron chi connectivity index (χ3n) is 11.3. The SMILES string of the molecule is Cc1ncsc1-c1ccc([C@H](C)NC(=O)[C@@H]2C[C@@H](O)CN2C(=O)[C@@H](NC(=O)CCCCCCOc2ccc3c(c2)c(C(=O)O)c(C)n3Cc2ccccc2)C(C)(C)C)cc1. The Labute approximate surface area is 356 Å². The highest BCUT2D eigenvalue weighted by molar-refractivity contribution is 7.13. The molecule has 318 valence electrons. The monoisotopic (exact) mass is 835 g/mol. The number of carbonyl (C=O) groups excluding carboxylic acids is 3. The van der Waals surface area contributed by atoms with E-state index < -0.39 is 35.5 Å². The highest BCUT2D eigenvalue weighted by Crippen LogP contribution is 2.32. The number of nitrogens with one attached hydrogen (secondary N) is 2. The molecule has 4 atom stereocenters. The Morgan fingerprint density at radius 2 is 1.67 bits per heavy atom.